The molecule has 0 bridgehead atoms. The Morgan fingerprint density at radius 1 is 0.667 bits per heavy atom. The molecule has 0 spiro atoms. The molecule has 0 radical (unpaired) electrons. The zero-order chi connectivity index (χ0) is 17.9. The van der Waals surface area contributed by atoms with Gasteiger partial charge in [-0.05, 0) is 0 Å². The summed E-state index contributed by atoms with van der Waals surface area (Å²) in [5.74, 6) is -2.27. The van der Waals surface area contributed by atoms with E-state index in [1.165, 1.54) is 0 Å². The van der Waals surface area contributed by atoms with Crippen LogP contribution in [0, 0.1) is 0 Å². The van der Waals surface area contributed by atoms with Gasteiger partial charge in [0.15, 0.2) is 5.58 Å². The maximum atomic E-state index is 12.3. The first kappa shape index (κ1) is 17.9. The molecule has 0 N–H and O–H groups in total. The molecule has 0 atom stereocenters. The van der Waals surface area contributed by atoms with Crippen LogP contribution in [0.25, 0.3) is 16.5 Å². The smallest absolute Gasteiger partial charge is 0.358 e. The quantitative estimate of drug-likeness (QED) is 0.200. The molecule has 0 saturated heterocycles. The Balaban J connectivity index is 2.53. The number of hydrogen-bond donors (Lipinski definition) is 0. The predicted octanol–water partition coefficient (Wildman–Crippen LogP) is 5.09. The molecule has 0 unspecified atom stereocenters. The SMILES string of the molecule is O=C1OC(=O)C(c2c(Cl)c3c(Cl)c(Cl)c(Cl)c(Cl)c3oc2=O)=C1Cl. The zero-order valence-electron chi connectivity index (χ0n) is 10.8. The molecule has 0 aliphatic carbocycles. The molecular formula is C13Cl6O5. The van der Waals surface area contributed by atoms with E-state index in [0.29, 0.717) is 0 Å². The fraction of sp³-hybridized carbons (Fsp3) is 0. The molecule has 24 heavy (non-hydrogen) atoms. The lowest BCUT2D eigenvalue weighted by Crippen LogP contribution is -2.12. The first-order chi connectivity index (χ1) is 11.2. The summed E-state index contributed by atoms with van der Waals surface area (Å²) < 4.78 is 9.38. The molecule has 1 aliphatic rings. The van der Waals surface area contributed by atoms with Gasteiger partial charge in [0.1, 0.15) is 15.6 Å². The van der Waals surface area contributed by atoms with Crippen molar-refractivity contribution in [1.29, 1.82) is 0 Å². The monoisotopic (exact) mass is 446 g/mol. The van der Waals surface area contributed by atoms with Crippen LogP contribution in [0.4, 0.5) is 0 Å². The van der Waals surface area contributed by atoms with Crippen molar-refractivity contribution in [2.45, 2.75) is 0 Å². The first-order valence-electron chi connectivity index (χ1n) is 5.81. The molecule has 2 heterocycles. The third kappa shape index (κ3) is 2.43. The Bertz CT molecular complexity index is 1050. The average Bonchev–Trinajstić information content (AvgIpc) is 2.76. The van der Waals surface area contributed by atoms with Gasteiger partial charge in [-0.15, -0.1) is 0 Å². The molecule has 11 heteroatoms. The predicted molar refractivity (Wildman–Crippen MR) is 91.4 cm³/mol. The maximum Gasteiger partial charge on any atom is 0.358 e. The van der Waals surface area contributed by atoms with E-state index in [1.807, 2.05) is 0 Å². The number of esters is 2. The van der Waals surface area contributed by atoms with Crippen molar-refractivity contribution in [2.75, 3.05) is 0 Å². The largest absolute Gasteiger partial charge is 0.420 e. The summed E-state index contributed by atoms with van der Waals surface area (Å²) in [6.07, 6.45) is 0. The van der Waals surface area contributed by atoms with Gasteiger partial charge in [-0.3, -0.25) is 0 Å². The number of carbonyl (C=O) groups is 2. The van der Waals surface area contributed by atoms with E-state index >= 15 is 0 Å². The van der Waals surface area contributed by atoms with Gasteiger partial charge in [-0.1, -0.05) is 69.6 Å². The van der Waals surface area contributed by atoms with Crippen molar-refractivity contribution in [3.8, 4) is 0 Å². The van der Waals surface area contributed by atoms with Gasteiger partial charge in [0.05, 0.1) is 31.0 Å². The van der Waals surface area contributed by atoms with Crippen molar-refractivity contribution in [3.63, 3.8) is 0 Å². The fourth-order valence-electron chi connectivity index (χ4n) is 2.06. The van der Waals surface area contributed by atoms with Gasteiger partial charge in [0.25, 0.3) is 0 Å². The number of fused-ring (bicyclic) bond motifs is 1. The number of ether oxygens (including phenoxy) is 1. The summed E-state index contributed by atoms with van der Waals surface area (Å²) in [6.45, 7) is 0. The van der Waals surface area contributed by atoms with Crippen molar-refractivity contribution in [3.05, 3.63) is 46.1 Å². The first-order valence-corrected chi connectivity index (χ1v) is 8.08. The molecule has 3 rings (SSSR count). The number of halogens is 6. The van der Waals surface area contributed by atoms with Gasteiger partial charge in [-0.2, -0.15) is 0 Å². The number of carbonyl (C=O) groups excluding carboxylic acids is 2. The van der Waals surface area contributed by atoms with E-state index in [2.05, 4.69) is 4.74 Å². The summed E-state index contributed by atoms with van der Waals surface area (Å²) in [7, 11) is 0. The van der Waals surface area contributed by atoms with Crippen molar-refractivity contribution < 1.29 is 18.7 Å². The molecule has 5 nitrogen and oxygen atoms in total. The second-order valence-electron chi connectivity index (χ2n) is 4.40. The third-order valence-corrected chi connectivity index (χ3v) is 5.61. The standard InChI is InChI=1S/C13Cl6O5/c14-4-1(2-6(16)13(22)24-12(2)21)11(20)23-10-3(4)5(15)7(17)8(18)9(10)19. The second kappa shape index (κ2) is 6.09. The maximum absolute atomic E-state index is 12.3. The number of benzene rings is 1. The minimum absolute atomic E-state index is 0.0727. The van der Waals surface area contributed by atoms with E-state index < -0.39 is 33.7 Å². The van der Waals surface area contributed by atoms with Crippen LogP contribution >= 0.6 is 69.6 Å². The molecule has 1 aromatic heterocycles. The highest BCUT2D eigenvalue weighted by molar-refractivity contribution is 6.57. The summed E-state index contributed by atoms with van der Waals surface area (Å²) in [5, 5.41) is -1.67. The highest BCUT2D eigenvalue weighted by atomic mass is 35.5. The Morgan fingerprint density at radius 3 is 1.79 bits per heavy atom. The second-order valence-corrected chi connectivity index (χ2v) is 6.67. The van der Waals surface area contributed by atoms with Gasteiger partial charge < -0.3 is 9.15 Å². The van der Waals surface area contributed by atoms with Gasteiger partial charge in [0.2, 0.25) is 0 Å². The molecular weight excluding hydrogens is 449 g/mol. The lowest BCUT2D eigenvalue weighted by Gasteiger charge is -2.11. The third-order valence-electron chi connectivity index (χ3n) is 3.10. The highest BCUT2D eigenvalue weighted by Gasteiger charge is 2.37. The summed E-state index contributed by atoms with van der Waals surface area (Å²) in [5.41, 5.74) is -2.37. The van der Waals surface area contributed by atoms with Crippen LogP contribution in [0.15, 0.2) is 14.2 Å². The van der Waals surface area contributed by atoms with Crippen LogP contribution in [0.1, 0.15) is 5.56 Å². The molecule has 1 aliphatic heterocycles. The molecule has 0 amide bonds. The molecule has 1 aromatic carbocycles. The van der Waals surface area contributed by atoms with Gasteiger partial charge in [0, 0.05) is 0 Å². The van der Waals surface area contributed by atoms with Crippen molar-refractivity contribution >= 4 is 98.1 Å². The Hall–Kier alpha value is -0.950. The molecule has 0 fully saturated rings. The number of rotatable bonds is 1. The minimum atomic E-state index is -1.15. The fourth-order valence-corrected chi connectivity index (χ4v) is 3.64. The lowest BCUT2D eigenvalue weighted by molar-refractivity contribution is -0.149. The van der Waals surface area contributed by atoms with E-state index in [9.17, 15) is 14.4 Å². The number of cyclic esters (lactones) is 2. The topological polar surface area (TPSA) is 73.6 Å². The van der Waals surface area contributed by atoms with Crippen LogP contribution in [-0.4, -0.2) is 11.9 Å². The summed E-state index contributed by atoms with van der Waals surface area (Å²) in [4.78, 5) is 35.4. The summed E-state index contributed by atoms with van der Waals surface area (Å²) in [6, 6.07) is 0. The minimum Gasteiger partial charge on any atom is -0.420 e. The van der Waals surface area contributed by atoms with Crippen LogP contribution in [0.3, 0.4) is 0 Å². The van der Waals surface area contributed by atoms with Gasteiger partial charge in [-0.25, -0.2) is 14.4 Å². The van der Waals surface area contributed by atoms with Crippen LogP contribution < -0.4 is 5.63 Å². The highest BCUT2D eigenvalue weighted by Crippen LogP contribution is 2.46. The Kier molecular flexibility index (Phi) is 4.53. The van der Waals surface area contributed by atoms with Crippen molar-refractivity contribution in [2.24, 2.45) is 0 Å². The lowest BCUT2D eigenvalue weighted by atomic mass is 10.1. The molecule has 124 valence electrons. The zero-order valence-corrected chi connectivity index (χ0v) is 15.3. The van der Waals surface area contributed by atoms with E-state index in [1.54, 1.807) is 0 Å². The van der Waals surface area contributed by atoms with Gasteiger partial charge >= 0.3 is 17.6 Å². The Morgan fingerprint density at radius 2 is 1.25 bits per heavy atom. The van der Waals surface area contributed by atoms with Crippen molar-refractivity contribution in [1.82, 2.24) is 0 Å². The van der Waals surface area contributed by atoms with Crippen LogP contribution in [0.2, 0.25) is 25.1 Å². The average molecular weight is 449 g/mol. The van der Waals surface area contributed by atoms with Crippen LogP contribution in [-0.2, 0) is 14.3 Å². The summed E-state index contributed by atoms with van der Waals surface area (Å²) >= 11 is 35.8. The van der Waals surface area contributed by atoms with E-state index in [0.717, 1.165) is 0 Å². The number of hydrogen-bond acceptors (Lipinski definition) is 5. The molecule has 2 aromatic rings. The van der Waals surface area contributed by atoms with E-state index in [-0.39, 0.29) is 36.1 Å². The van der Waals surface area contributed by atoms with Crippen LogP contribution in [0.5, 0.6) is 0 Å². The Labute approximate surface area is 162 Å². The molecule has 0 saturated carbocycles. The normalized spacial score (nSPS) is 14.8. The van der Waals surface area contributed by atoms with E-state index in [4.69, 9.17) is 74.0 Å².